The number of rotatable bonds is 19. The van der Waals surface area contributed by atoms with Gasteiger partial charge in [0, 0.05) is 0 Å². The van der Waals surface area contributed by atoms with Crippen LogP contribution in [0.1, 0.15) is 119 Å². The first-order valence-corrected chi connectivity index (χ1v) is 15.9. The van der Waals surface area contributed by atoms with Crippen LogP contribution < -0.4 is 9.47 Å². The molecule has 0 amide bonds. The van der Waals surface area contributed by atoms with E-state index in [1.54, 1.807) is 36.4 Å². The lowest BCUT2D eigenvalue weighted by Gasteiger charge is -2.16. The van der Waals surface area contributed by atoms with Gasteiger partial charge >= 0.3 is 11.9 Å². The van der Waals surface area contributed by atoms with Crippen molar-refractivity contribution in [2.75, 3.05) is 6.61 Å². The molecule has 0 aromatic heterocycles. The summed E-state index contributed by atoms with van der Waals surface area (Å²) in [6.45, 7) is 7.20. The van der Waals surface area contributed by atoms with Gasteiger partial charge in [-0.1, -0.05) is 96.4 Å². The van der Waals surface area contributed by atoms with E-state index in [2.05, 4.69) is 13.8 Å². The predicted octanol–water partition coefficient (Wildman–Crippen LogP) is 10.2. The number of esters is 2. The highest BCUT2D eigenvalue weighted by molar-refractivity contribution is 5.92. The zero-order valence-electron chi connectivity index (χ0n) is 25.7. The van der Waals surface area contributed by atoms with Gasteiger partial charge in [0.05, 0.1) is 17.7 Å². The molecule has 5 heteroatoms. The number of hydrogen-bond donors (Lipinski definition) is 0. The Morgan fingerprint density at radius 1 is 0.571 bits per heavy atom. The van der Waals surface area contributed by atoms with E-state index in [1.807, 2.05) is 43.3 Å². The third-order valence-corrected chi connectivity index (χ3v) is 7.48. The molecule has 0 bridgehead atoms. The van der Waals surface area contributed by atoms with Crippen LogP contribution in [0.3, 0.4) is 0 Å². The Bertz CT molecular complexity index is 1180. The predicted molar refractivity (Wildman–Crippen MR) is 170 cm³/mol. The molecule has 0 aliphatic rings. The number of carbonyl (C=O) groups is 2. The molecule has 5 nitrogen and oxygen atoms in total. The van der Waals surface area contributed by atoms with Crippen molar-refractivity contribution >= 4 is 11.9 Å². The third-order valence-electron chi connectivity index (χ3n) is 7.48. The lowest BCUT2D eigenvalue weighted by molar-refractivity contribution is 0.0267. The highest BCUT2D eigenvalue weighted by atomic mass is 16.5. The van der Waals surface area contributed by atoms with Crippen LogP contribution in [-0.2, 0) is 4.74 Å². The minimum Gasteiger partial charge on any atom is -0.494 e. The molecule has 0 radical (unpaired) electrons. The summed E-state index contributed by atoms with van der Waals surface area (Å²) in [6.07, 6.45) is 13.7. The first-order valence-electron chi connectivity index (χ1n) is 15.9. The van der Waals surface area contributed by atoms with Gasteiger partial charge in [-0.3, -0.25) is 0 Å². The Balaban J connectivity index is 1.45. The van der Waals surface area contributed by atoms with Gasteiger partial charge in [0.2, 0.25) is 0 Å². The topological polar surface area (TPSA) is 61.8 Å². The summed E-state index contributed by atoms with van der Waals surface area (Å²) in [5.41, 5.74) is 2.96. The van der Waals surface area contributed by atoms with Crippen molar-refractivity contribution in [1.82, 2.24) is 0 Å². The van der Waals surface area contributed by atoms with Crippen LogP contribution in [0.4, 0.5) is 0 Å². The molecular weight excluding hydrogens is 524 g/mol. The summed E-state index contributed by atoms with van der Waals surface area (Å²) in [6, 6.07) is 21.9. The van der Waals surface area contributed by atoms with Crippen LogP contribution in [-0.4, -0.2) is 24.6 Å². The summed E-state index contributed by atoms with van der Waals surface area (Å²) >= 11 is 0. The average molecular weight is 573 g/mol. The fourth-order valence-corrected chi connectivity index (χ4v) is 4.80. The van der Waals surface area contributed by atoms with Gasteiger partial charge in [0.15, 0.2) is 0 Å². The van der Waals surface area contributed by atoms with Crippen LogP contribution in [0.25, 0.3) is 11.1 Å². The first kappa shape index (κ1) is 32.9. The Labute approximate surface area is 252 Å². The molecule has 3 rings (SSSR count). The lowest BCUT2D eigenvalue weighted by Crippen LogP contribution is -2.17. The highest BCUT2D eigenvalue weighted by Crippen LogP contribution is 2.24. The van der Waals surface area contributed by atoms with Crippen LogP contribution in [0.2, 0.25) is 0 Å². The van der Waals surface area contributed by atoms with Crippen molar-refractivity contribution in [3.05, 3.63) is 83.9 Å². The average Bonchev–Trinajstić information content (AvgIpc) is 3.02. The molecule has 0 spiro atoms. The second-order valence-electron chi connectivity index (χ2n) is 10.9. The molecule has 42 heavy (non-hydrogen) atoms. The van der Waals surface area contributed by atoms with Gasteiger partial charge in [-0.05, 0) is 85.3 Å². The van der Waals surface area contributed by atoms with Crippen LogP contribution in [0.15, 0.2) is 72.8 Å². The van der Waals surface area contributed by atoms with Gasteiger partial charge in [-0.2, -0.15) is 0 Å². The van der Waals surface area contributed by atoms with Crippen molar-refractivity contribution in [3.63, 3.8) is 0 Å². The second kappa shape index (κ2) is 18.8. The SMILES string of the molecule is CCCCCCCCOc1ccc(-c2ccc(C(=O)Oc3ccc(C(=O)O[C@@H](CC)CCCCCC)cc3)cc2)cc1. The van der Waals surface area contributed by atoms with Crippen molar-refractivity contribution in [2.45, 2.75) is 104 Å². The molecule has 0 saturated carbocycles. The van der Waals surface area contributed by atoms with Crippen molar-refractivity contribution < 1.29 is 23.8 Å². The number of hydrogen-bond acceptors (Lipinski definition) is 5. The van der Waals surface area contributed by atoms with E-state index in [9.17, 15) is 9.59 Å². The summed E-state index contributed by atoms with van der Waals surface area (Å²) < 4.78 is 17.1. The summed E-state index contributed by atoms with van der Waals surface area (Å²) in [4.78, 5) is 25.3. The Kier molecular flexibility index (Phi) is 14.7. The van der Waals surface area contributed by atoms with Crippen molar-refractivity contribution in [1.29, 1.82) is 0 Å². The number of ether oxygens (including phenoxy) is 3. The molecule has 1 atom stereocenters. The minimum absolute atomic E-state index is 0.0731. The van der Waals surface area contributed by atoms with E-state index in [-0.39, 0.29) is 12.1 Å². The number of unbranched alkanes of at least 4 members (excludes halogenated alkanes) is 8. The Morgan fingerprint density at radius 3 is 1.69 bits per heavy atom. The molecule has 0 fully saturated rings. The standard InChI is InChI=1S/C37H48O5/c1-4-7-9-11-12-14-28-40-34-24-20-30(21-25-34)29-16-18-31(19-17-29)37(39)42-35-26-22-32(23-27-35)36(38)41-33(6-3)15-13-10-8-5-2/h16-27,33H,4-15,28H2,1-3H3/t33-/m0/s1. The quantitative estimate of drug-likeness (QED) is 0.0812. The van der Waals surface area contributed by atoms with E-state index >= 15 is 0 Å². The molecule has 0 saturated heterocycles. The van der Waals surface area contributed by atoms with E-state index < -0.39 is 5.97 Å². The van der Waals surface area contributed by atoms with E-state index in [4.69, 9.17) is 14.2 Å². The zero-order valence-corrected chi connectivity index (χ0v) is 25.7. The van der Waals surface area contributed by atoms with E-state index in [0.717, 1.165) is 55.6 Å². The van der Waals surface area contributed by atoms with Gasteiger partial charge in [-0.25, -0.2) is 9.59 Å². The summed E-state index contributed by atoms with van der Waals surface area (Å²) in [7, 11) is 0. The maximum Gasteiger partial charge on any atom is 0.343 e. The maximum atomic E-state index is 12.7. The molecule has 0 aliphatic carbocycles. The normalized spacial score (nSPS) is 11.6. The molecular formula is C37H48O5. The van der Waals surface area contributed by atoms with Crippen molar-refractivity contribution in [2.24, 2.45) is 0 Å². The van der Waals surface area contributed by atoms with Gasteiger partial charge in [0.25, 0.3) is 0 Å². The fraction of sp³-hybridized carbons (Fsp3) is 0.459. The highest BCUT2D eigenvalue weighted by Gasteiger charge is 2.15. The fourth-order valence-electron chi connectivity index (χ4n) is 4.80. The number of carbonyl (C=O) groups excluding carboxylic acids is 2. The molecule has 3 aromatic carbocycles. The van der Waals surface area contributed by atoms with E-state index in [0.29, 0.717) is 16.9 Å². The largest absolute Gasteiger partial charge is 0.494 e. The maximum absolute atomic E-state index is 12.7. The van der Waals surface area contributed by atoms with Crippen LogP contribution in [0.5, 0.6) is 11.5 Å². The van der Waals surface area contributed by atoms with Crippen LogP contribution in [0, 0.1) is 0 Å². The Hall–Kier alpha value is -3.60. The monoisotopic (exact) mass is 572 g/mol. The Morgan fingerprint density at radius 2 is 1.07 bits per heavy atom. The first-order chi connectivity index (χ1) is 20.5. The molecule has 3 aromatic rings. The van der Waals surface area contributed by atoms with Gasteiger partial charge in [-0.15, -0.1) is 0 Å². The summed E-state index contributed by atoms with van der Waals surface area (Å²) in [5, 5.41) is 0. The van der Waals surface area contributed by atoms with Crippen molar-refractivity contribution in [3.8, 4) is 22.6 Å². The molecule has 0 heterocycles. The van der Waals surface area contributed by atoms with Gasteiger partial charge < -0.3 is 14.2 Å². The molecule has 226 valence electrons. The lowest BCUT2D eigenvalue weighted by atomic mass is 10.0. The van der Waals surface area contributed by atoms with E-state index in [1.165, 1.54) is 44.9 Å². The molecule has 0 unspecified atom stereocenters. The third kappa shape index (κ3) is 11.3. The second-order valence-corrected chi connectivity index (χ2v) is 10.9. The minimum atomic E-state index is -0.451. The zero-order chi connectivity index (χ0) is 30.0. The summed E-state index contributed by atoms with van der Waals surface area (Å²) in [5.74, 6) is 0.458. The number of benzene rings is 3. The molecule has 0 aliphatic heterocycles. The molecule has 0 N–H and O–H groups in total. The van der Waals surface area contributed by atoms with Gasteiger partial charge in [0.1, 0.15) is 17.6 Å². The van der Waals surface area contributed by atoms with Crippen LogP contribution >= 0.6 is 0 Å². The smallest absolute Gasteiger partial charge is 0.343 e.